The van der Waals surface area contributed by atoms with Gasteiger partial charge in [0.25, 0.3) is 0 Å². The number of hydrogen-bond donors (Lipinski definition) is 1. The van der Waals surface area contributed by atoms with Crippen LogP contribution in [0.1, 0.15) is 25.3 Å². The zero-order valence-electron chi connectivity index (χ0n) is 8.76. The Bertz CT molecular complexity index is 347. The zero-order chi connectivity index (χ0) is 10.8. The van der Waals surface area contributed by atoms with Gasteiger partial charge in [-0.1, -0.05) is 6.07 Å². The molecule has 1 unspecified atom stereocenters. The molecule has 3 heteroatoms. The molecule has 15 heavy (non-hydrogen) atoms. The van der Waals surface area contributed by atoms with Crippen LogP contribution in [0.5, 0.6) is 0 Å². The van der Waals surface area contributed by atoms with Crippen LogP contribution in [-0.4, -0.2) is 6.04 Å². The lowest BCUT2D eigenvalue weighted by Gasteiger charge is -2.12. The van der Waals surface area contributed by atoms with E-state index in [1.165, 1.54) is 18.4 Å². The van der Waals surface area contributed by atoms with Crippen molar-refractivity contribution in [3.8, 4) is 0 Å². The normalized spacial score (nSPS) is 17.8. The first-order valence-corrected chi connectivity index (χ1v) is 6.92. The largest absolute Gasteiger partial charge is 0.310 e. The fourth-order valence-electron chi connectivity index (χ4n) is 1.69. The van der Waals surface area contributed by atoms with E-state index in [0.717, 1.165) is 21.4 Å². The van der Waals surface area contributed by atoms with Gasteiger partial charge in [0.2, 0.25) is 0 Å². The minimum Gasteiger partial charge on any atom is -0.310 e. The van der Waals surface area contributed by atoms with Gasteiger partial charge in [-0.3, -0.25) is 0 Å². The van der Waals surface area contributed by atoms with E-state index in [1.54, 1.807) is 0 Å². The highest BCUT2D eigenvalue weighted by Gasteiger charge is 2.27. The molecule has 2 rings (SSSR count). The van der Waals surface area contributed by atoms with Crippen molar-refractivity contribution in [2.24, 2.45) is 5.92 Å². The number of hydrogen-bond acceptors (Lipinski definition) is 1. The van der Waals surface area contributed by atoms with E-state index in [9.17, 15) is 0 Å². The number of rotatable bonds is 4. The van der Waals surface area contributed by atoms with Crippen molar-refractivity contribution in [2.75, 3.05) is 0 Å². The van der Waals surface area contributed by atoms with Gasteiger partial charge < -0.3 is 5.32 Å². The molecular weight excluding hydrogens is 318 g/mol. The van der Waals surface area contributed by atoms with Crippen LogP contribution >= 0.6 is 31.9 Å². The lowest BCUT2D eigenvalue weighted by molar-refractivity contribution is 0.496. The van der Waals surface area contributed by atoms with Crippen LogP contribution < -0.4 is 5.32 Å². The van der Waals surface area contributed by atoms with E-state index in [1.807, 2.05) is 0 Å². The lowest BCUT2D eigenvalue weighted by atomic mass is 10.2. The number of nitrogens with one attached hydrogen (secondary N) is 1. The summed E-state index contributed by atoms with van der Waals surface area (Å²) >= 11 is 7.00. The van der Waals surface area contributed by atoms with Gasteiger partial charge in [0.05, 0.1) is 0 Å². The topological polar surface area (TPSA) is 12.0 Å². The molecule has 0 heterocycles. The molecule has 0 spiro atoms. The second-order valence-electron chi connectivity index (χ2n) is 4.26. The summed E-state index contributed by atoms with van der Waals surface area (Å²) in [6.07, 6.45) is 2.80. The maximum atomic E-state index is 3.57. The summed E-state index contributed by atoms with van der Waals surface area (Å²) in [7, 11) is 0. The Morgan fingerprint density at radius 2 is 2.07 bits per heavy atom. The van der Waals surface area contributed by atoms with Crippen molar-refractivity contribution in [3.63, 3.8) is 0 Å². The Morgan fingerprint density at radius 1 is 1.33 bits per heavy atom. The molecule has 1 atom stereocenters. The molecule has 1 aromatic carbocycles. The average molecular weight is 333 g/mol. The quantitative estimate of drug-likeness (QED) is 0.875. The van der Waals surface area contributed by atoms with Crippen molar-refractivity contribution in [3.05, 3.63) is 32.7 Å². The Balaban J connectivity index is 1.89. The molecule has 1 aromatic rings. The Morgan fingerprint density at radius 3 is 2.67 bits per heavy atom. The molecule has 0 radical (unpaired) electrons. The van der Waals surface area contributed by atoms with E-state index >= 15 is 0 Å². The monoisotopic (exact) mass is 331 g/mol. The molecule has 0 aliphatic heterocycles. The lowest BCUT2D eigenvalue weighted by Crippen LogP contribution is -2.27. The van der Waals surface area contributed by atoms with Crippen molar-refractivity contribution in [1.82, 2.24) is 5.32 Å². The molecule has 0 aromatic heterocycles. The minimum atomic E-state index is 0.660. The Kier molecular flexibility index (Phi) is 3.86. The van der Waals surface area contributed by atoms with Gasteiger partial charge in [0.1, 0.15) is 0 Å². The molecule has 1 N–H and O–H groups in total. The van der Waals surface area contributed by atoms with Crippen molar-refractivity contribution >= 4 is 31.9 Å². The van der Waals surface area contributed by atoms with Gasteiger partial charge in [0.15, 0.2) is 0 Å². The van der Waals surface area contributed by atoms with Crippen LogP contribution in [0.4, 0.5) is 0 Å². The molecule has 1 fully saturated rings. The van der Waals surface area contributed by atoms with Crippen LogP contribution in [0.3, 0.4) is 0 Å². The summed E-state index contributed by atoms with van der Waals surface area (Å²) in [6.45, 7) is 3.25. The van der Waals surface area contributed by atoms with Gasteiger partial charge in [-0.15, -0.1) is 0 Å². The van der Waals surface area contributed by atoms with E-state index < -0.39 is 0 Å². The van der Waals surface area contributed by atoms with Crippen LogP contribution in [0, 0.1) is 5.92 Å². The summed E-state index contributed by atoms with van der Waals surface area (Å²) in [4.78, 5) is 0. The second-order valence-corrected chi connectivity index (χ2v) is 5.96. The van der Waals surface area contributed by atoms with Gasteiger partial charge in [0, 0.05) is 21.5 Å². The Labute approximate surface area is 108 Å². The van der Waals surface area contributed by atoms with Crippen molar-refractivity contribution in [1.29, 1.82) is 0 Å². The summed E-state index contributed by atoms with van der Waals surface area (Å²) in [5, 5.41) is 3.57. The first-order valence-electron chi connectivity index (χ1n) is 5.34. The van der Waals surface area contributed by atoms with Crippen LogP contribution in [-0.2, 0) is 6.54 Å². The van der Waals surface area contributed by atoms with Gasteiger partial charge in [-0.2, -0.15) is 0 Å². The number of benzene rings is 1. The van der Waals surface area contributed by atoms with E-state index in [-0.39, 0.29) is 0 Å². The average Bonchev–Trinajstić information content (AvgIpc) is 3.03. The van der Waals surface area contributed by atoms with E-state index in [2.05, 4.69) is 62.3 Å². The number of halogens is 2. The molecule has 0 saturated heterocycles. The van der Waals surface area contributed by atoms with Gasteiger partial charge in [-0.25, -0.2) is 0 Å². The highest BCUT2D eigenvalue weighted by atomic mass is 79.9. The third kappa shape index (κ3) is 3.30. The third-order valence-electron chi connectivity index (χ3n) is 2.94. The maximum Gasteiger partial charge on any atom is 0.0320 e. The minimum absolute atomic E-state index is 0.660. The molecule has 1 nitrogen and oxygen atoms in total. The highest BCUT2D eigenvalue weighted by molar-refractivity contribution is 9.13. The molecule has 0 bridgehead atoms. The van der Waals surface area contributed by atoms with E-state index in [0.29, 0.717) is 6.04 Å². The molecule has 82 valence electrons. The van der Waals surface area contributed by atoms with E-state index in [4.69, 9.17) is 0 Å². The van der Waals surface area contributed by atoms with Gasteiger partial charge in [-0.05, 0) is 75.2 Å². The SMILES string of the molecule is CC(NCc1ccc(Br)c(Br)c1)C1CC1. The van der Waals surface area contributed by atoms with Crippen molar-refractivity contribution < 1.29 is 0 Å². The summed E-state index contributed by atoms with van der Waals surface area (Å²) in [5.74, 6) is 0.920. The first kappa shape index (κ1) is 11.6. The molecule has 1 aliphatic carbocycles. The third-order valence-corrected chi connectivity index (χ3v) is 4.82. The smallest absolute Gasteiger partial charge is 0.0320 e. The molecule has 1 saturated carbocycles. The van der Waals surface area contributed by atoms with Crippen LogP contribution in [0.25, 0.3) is 0 Å². The van der Waals surface area contributed by atoms with Crippen molar-refractivity contribution in [2.45, 2.75) is 32.4 Å². The summed E-state index contributed by atoms with van der Waals surface area (Å²) in [5.41, 5.74) is 1.33. The fourth-order valence-corrected chi connectivity index (χ4v) is 2.36. The van der Waals surface area contributed by atoms with Gasteiger partial charge >= 0.3 is 0 Å². The molecular formula is C12H15Br2N. The fraction of sp³-hybridized carbons (Fsp3) is 0.500. The molecule has 1 aliphatic rings. The predicted molar refractivity (Wildman–Crippen MR) is 70.9 cm³/mol. The standard InChI is InChI=1S/C12H15Br2N/c1-8(10-3-4-10)15-7-9-2-5-11(13)12(14)6-9/h2,5-6,8,10,15H,3-4,7H2,1H3. The summed E-state index contributed by atoms with van der Waals surface area (Å²) in [6, 6.07) is 7.06. The zero-order valence-corrected chi connectivity index (χ0v) is 11.9. The first-order chi connectivity index (χ1) is 7.16. The Hall–Kier alpha value is 0.140. The second kappa shape index (κ2) is 4.98. The van der Waals surface area contributed by atoms with Crippen LogP contribution in [0.15, 0.2) is 27.1 Å². The highest BCUT2D eigenvalue weighted by Crippen LogP contribution is 2.32. The molecule has 0 amide bonds. The van der Waals surface area contributed by atoms with Crippen LogP contribution in [0.2, 0.25) is 0 Å². The predicted octanol–water partition coefficient (Wildman–Crippen LogP) is 4.10. The maximum absolute atomic E-state index is 3.57. The summed E-state index contributed by atoms with van der Waals surface area (Å²) < 4.78 is 2.24.